The van der Waals surface area contributed by atoms with Crippen LogP contribution in [0.3, 0.4) is 0 Å². The van der Waals surface area contributed by atoms with Gasteiger partial charge in [0.05, 0.1) is 11.6 Å². The molecule has 2 unspecified atom stereocenters. The lowest BCUT2D eigenvalue weighted by molar-refractivity contribution is 0.330. The van der Waals surface area contributed by atoms with Gasteiger partial charge in [-0.2, -0.15) is 5.26 Å². The summed E-state index contributed by atoms with van der Waals surface area (Å²) in [6, 6.07) is 5.84. The van der Waals surface area contributed by atoms with E-state index in [1.165, 1.54) is 6.07 Å². The fraction of sp³-hybridized carbons (Fsp3) is 0.500. The van der Waals surface area contributed by atoms with Crippen LogP contribution in [0.4, 0.5) is 10.1 Å². The van der Waals surface area contributed by atoms with E-state index in [9.17, 15) is 4.39 Å². The summed E-state index contributed by atoms with van der Waals surface area (Å²) >= 11 is 0. The van der Waals surface area contributed by atoms with Gasteiger partial charge in [-0.05, 0) is 39.4 Å². The Morgan fingerprint density at radius 2 is 2.22 bits per heavy atom. The third kappa shape index (κ3) is 2.46. The summed E-state index contributed by atoms with van der Waals surface area (Å²) < 4.78 is 13.7. The number of likely N-dealkylation sites (tertiary alicyclic amines) is 1. The van der Waals surface area contributed by atoms with Crippen LogP contribution in [0, 0.1) is 24.1 Å². The van der Waals surface area contributed by atoms with Crippen molar-refractivity contribution in [3.63, 3.8) is 0 Å². The van der Waals surface area contributed by atoms with Crippen LogP contribution in [-0.4, -0.2) is 30.6 Å². The maximum atomic E-state index is 13.7. The number of anilines is 1. The summed E-state index contributed by atoms with van der Waals surface area (Å²) in [5.74, 6) is -0.323. The molecule has 4 heteroatoms. The van der Waals surface area contributed by atoms with Crippen molar-refractivity contribution >= 4 is 5.69 Å². The van der Waals surface area contributed by atoms with Gasteiger partial charge in [-0.3, -0.25) is 0 Å². The third-order valence-corrected chi connectivity index (χ3v) is 3.72. The van der Waals surface area contributed by atoms with Crippen molar-refractivity contribution < 1.29 is 4.39 Å². The summed E-state index contributed by atoms with van der Waals surface area (Å²) in [4.78, 5) is 2.28. The number of hydrogen-bond donors (Lipinski definition) is 1. The predicted molar refractivity (Wildman–Crippen MR) is 70.0 cm³/mol. The number of hydrogen-bond acceptors (Lipinski definition) is 3. The van der Waals surface area contributed by atoms with Crippen molar-refractivity contribution in [2.45, 2.75) is 32.4 Å². The summed E-state index contributed by atoms with van der Waals surface area (Å²) in [7, 11) is 2.09. The highest BCUT2D eigenvalue weighted by Crippen LogP contribution is 2.24. The van der Waals surface area contributed by atoms with Crippen molar-refractivity contribution in [2.24, 2.45) is 0 Å². The number of rotatable bonds is 2. The van der Waals surface area contributed by atoms with Crippen LogP contribution < -0.4 is 5.32 Å². The summed E-state index contributed by atoms with van der Waals surface area (Å²) in [6.45, 7) is 4.86. The van der Waals surface area contributed by atoms with Crippen LogP contribution in [-0.2, 0) is 0 Å². The van der Waals surface area contributed by atoms with Crippen LogP contribution in [0.15, 0.2) is 12.1 Å². The topological polar surface area (TPSA) is 39.1 Å². The lowest BCUT2D eigenvalue weighted by Gasteiger charge is -2.16. The molecule has 0 aromatic heterocycles. The second-order valence-electron chi connectivity index (χ2n) is 5.11. The van der Waals surface area contributed by atoms with Gasteiger partial charge in [0.2, 0.25) is 0 Å². The maximum Gasteiger partial charge on any atom is 0.129 e. The number of halogens is 1. The van der Waals surface area contributed by atoms with Gasteiger partial charge in [0, 0.05) is 29.9 Å². The SMILES string of the molecule is Cc1c(F)cc(C#N)cc1NC1CC(C)N(C)C1. The molecule has 2 atom stereocenters. The molecular formula is C14H18FN3. The Kier molecular flexibility index (Phi) is 3.53. The van der Waals surface area contributed by atoms with E-state index in [1.54, 1.807) is 13.0 Å². The Hall–Kier alpha value is -1.60. The van der Waals surface area contributed by atoms with Crippen LogP contribution in [0.2, 0.25) is 0 Å². The Labute approximate surface area is 107 Å². The zero-order valence-electron chi connectivity index (χ0n) is 11.0. The summed E-state index contributed by atoms with van der Waals surface area (Å²) in [5.41, 5.74) is 1.68. The number of nitrogens with zero attached hydrogens (tertiary/aromatic N) is 2. The second kappa shape index (κ2) is 4.95. The standard InChI is InChI=1S/C14H18FN3/c1-9-4-12(8-18(9)3)17-14-6-11(7-16)5-13(15)10(14)2/h5-6,9,12,17H,4,8H2,1-3H3. The van der Waals surface area contributed by atoms with Crippen LogP contribution in [0.25, 0.3) is 0 Å². The first-order valence-electron chi connectivity index (χ1n) is 6.18. The monoisotopic (exact) mass is 247 g/mol. The van der Waals surface area contributed by atoms with Gasteiger partial charge >= 0.3 is 0 Å². The van der Waals surface area contributed by atoms with Crippen molar-refractivity contribution in [1.29, 1.82) is 5.26 Å². The Bertz CT molecular complexity index is 483. The largest absolute Gasteiger partial charge is 0.381 e. The van der Waals surface area contributed by atoms with Crippen LogP contribution in [0.1, 0.15) is 24.5 Å². The molecule has 0 amide bonds. The van der Waals surface area contributed by atoms with Crippen LogP contribution >= 0.6 is 0 Å². The highest BCUT2D eigenvalue weighted by atomic mass is 19.1. The van der Waals surface area contributed by atoms with E-state index >= 15 is 0 Å². The van der Waals surface area contributed by atoms with Gasteiger partial charge in [-0.25, -0.2) is 4.39 Å². The van der Waals surface area contributed by atoms with Crippen molar-refractivity contribution in [3.05, 3.63) is 29.1 Å². The zero-order chi connectivity index (χ0) is 13.3. The molecule has 1 saturated heterocycles. The van der Waals surface area contributed by atoms with E-state index in [-0.39, 0.29) is 5.82 Å². The molecule has 0 aliphatic carbocycles. The van der Waals surface area contributed by atoms with Gasteiger partial charge in [0.15, 0.2) is 0 Å². The smallest absolute Gasteiger partial charge is 0.129 e. The molecule has 3 nitrogen and oxygen atoms in total. The molecule has 1 aromatic rings. The van der Waals surface area contributed by atoms with Gasteiger partial charge in [0.25, 0.3) is 0 Å². The molecule has 2 rings (SSSR count). The molecule has 1 aliphatic heterocycles. The highest BCUT2D eigenvalue weighted by Gasteiger charge is 2.26. The van der Waals surface area contributed by atoms with Crippen molar-refractivity contribution in [2.75, 3.05) is 18.9 Å². The fourth-order valence-electron chi connectivity index (χ4n) is 2.41. The second-order valence-corrected chi connectivity index (χ2v) is 5.11. The summed E-state index contributed by atoms with van der Waals surface area (Å²) in [6.07, 6.45) is 1.04. The molecule has 0 radical (unpaired) electrons. The van der Waals surface area contributed by atoms with E-state index in [0.717, 1.165) is 18.7 Å². The highest BCUT2D eigenvalue weighted by molar-refractivity contribution is 5.56. The molecule has 1 fully saturated rings. The van der Waals surface area contributed by atoms with E-state index in [0.29, 0.717) is 23.2 Å². The normalized spacial score (nSPS) is 23.9. The van der Waals surface area contributed by atoms with Gasteiger partial charge in [0.1, 0.15) is 5.82 Å². The van der Waals surface area contributed by atoms with E-state index in [1.807, 2.05) is 6.07 Å². The first kappa shape index (κ1) is 12.8. The molecule has 1 heterocycles. The predicted octanol–water partition coefficient (Wildman–Crippen LogP) is 2.51. The lowest BCUT2D eigenvalue weighted by atomic mass is 10.1. The molecule has 0 bridgehead atoms. The first-order valence-corrected chi connectivity index (χ1v) is 6.18. The van der Waals surface area contributed by atoms with E-state index < -0.39 is 0 Å². The number of likely N-dealkylation sites (N-methyl/N-ethyl adjacent to an activating group) is 1. The number of nitriles is 1. The quantitative estimate of drug-likeness (QED) is 0.872. The average Bonchev–Trinajstić information content (AvgIpc) is 2.64. The molecule has 0 saturated carbocycles. The molecule has 96 valence electrons. The number of nitrogens with one attached hydrogen (secondary N) is 1. The maximum absolute atomic E-state index is 13.7. The van der Waals surface area contributed by atoms with E-state index in [2.05, 4.69) is 24.2 Å². The Balaban J connectivity index is 2.19. The Morgan fingerprint density at radius 1 is 1.50 bits per heavy atom. The molecule has 1 aliphatic rings. The van der Waals surface area contributed by atoms with E-state index in [4.69, 9.17) is 5.26 Å². The lowest BCUT2D eigenvalue weighted by Crippen LogP contribution is -2.25. The van der Waals surface area contributed by atoms with Gasteiger partial charge < -0.3 is 10.2 Å². The average molecular weight is 247 g/mol. The Morgan fingerprint density at radius 3 is 2.78 bits per heavy atom. The van der Waals surface area contributed by atoms with Crippen molar-refractivity contribution in [3.8, 4) is 6.07 Å². The molecule has 1 N–H and O–H groups in total. The zero-order valence-corrected chi connectivity index (χ0v) is 11.0. The van der Waals surface area contributed by atoms with Gasteiger partial charge in [-0.1, -0.05) is 0 Å². The molecule has 0 spiro atoms. The van der Waals surface area contributed by atoms with Crippen LogP contribution in [0.5, 0.6) is 0 Å². The minimum atomic E-state index is -0.323. The minimum absolute atomic E-state index is 0.317. The molecule has 18 heavy (non-hydrogen) atoms. The fourth-order valence-corrected chi connectivity index (χ4v) is 2.41. The summed E-state index contributed by atoms with van der Waals surface area (Å²) in [5, 5.41) is 12.2. The van der Waals surface area contributed by atoms with Crippen molar-refractivity contribution in [1.82, 2.24) is 4.90 Å². The number of benzene rings is 1. The minimum Gasteiger partial charge on any atom is -0.381 e. The molecule has 1 aromatic carbocycles. The first-order chi connectivity index (χ1) is 8.51. The molecular weight excluding hydrogens is 229 g/mol. The third-order valence-electron chi connectivity index (χ3n) is 3.72. The van der Waals surface area contributed by atoms with Gasteiger partial charge in [-0.15, -0.1) is 0 Å².